The molecule has 0 bridgehead atoms. The topological polar surface area (TPSA) is 49.8 Å². The zero-order chi connectivity index (χ0) is 13.8. The van der Waals surface area contributed by atoms with Gasteiger partial charge in [0.1, 0.15) is 12.4 Å². The maximum atomic E-state index is 10.9. The molecular weight excluding hydrogens is 310 g/mol. The van der Waals surface area contributed by atoms with Crippen LogP contribution in [0.5, 0.6) is 5.75 Å². The molecule has 2 rings (SSSR count). The van der Waals surface area contributed by atoms with Gasteiger partial charge in [0.2, 0.25) is 0 Å². The minimum atomic E-state index is -0.939. The van der Waals surface area contributed by atoms with Crippen LogP contribution in [0.25, 0.3) is 0 Å². The highest BCUT2D eigenvalue weighted by Gasteiger charge is 2.19. The van der Waals surface area contributed by atoms with E-state index in [9.17, 15) is 4.79 Å². The number of halogens is 1. The Balaban J connectivity index is 1.96. The lowest BCUT2D eigenvalue weighted by Gasteiger charge is -2.32. The van der Waals surface area contributed by atoms with E-state index in [4.69, 9.17) is 9.84 Å². The molecule has 1 heterocycles. The summed E-state index contributed by atoms with van der Waals surface area (Å²) in [5.74, 6) is -0.235. The predicted octanol–water partition coefficient (Wildman–Crippen LogP) is 3.01. The number of benzene rings is 1. The Hall–Kier alpha value is -1.07. The first kappa shape index (κ1) is 14.3. The minimum absolute atomic E-state index is 0.252. The van der Waals surface area contributed by atoms with Crippen molar-refractivity contribution in [2.45, 2.75) is 25.3 Å². The molecule has 19 heavy (non-hydrogen) atoms. The lowest BCUT2D eigenvalue weighted by molar-refractivity contribution is 0.0696. The molecule has 0 saturated carbocycles. The molecule has 0 aliphatic carbocycles. The molecule has 1 aromatic carbocycles. The first-order valence-corrected chi connectivity index (χ1v) is 7.23. The third-order valence-electron chi connectivity index (χ3n) is 3.53. The van der Waals surface area contributed by atoms with Crippen LogP contribution in [0.1, 0.15) is 29.6 Å². The van der Waals surface area contributed by atoms with E-state index < -0.39 is 5.97 Å². The summed E-state index contributed by atoms with van der Waals surface area (Å²) in [5, 5.41) is 8.95. The van der Waals surface area contributed by atoms with Crippen molar-refractivity contribution in [1.82, 2.24) is 4.90 Å². The number of hydrogen-bond donors (Lipinski definition) is 1. The monoisotopic (exact) mass is 327 g/mol. The lowest BCUT2D eigenvalue weighted by Crippen LogP contribution is -2.40. The van der Waals surface area contributed by atoms with Crippen molar-refractivity contribution >= 4 is 21.9 Å². The number of carboxylic acid groups (broad SMARTS) is 1. The molecule has 1 fully saturated rings. The molecule has 0 aromatic heterocycles. The highest BCUT2D eigenvalue weighted by atomic mass is 79.9. The van der Waals surface area contributed by atoms with Gasteiger partial charge in [0, 0.05) is 10.5 Å². The van der Waals surface area contributed by atoms with Gasteiger partial charge in [-0.3, -0.25) is 0 Å². The van der Waals surface area contributed by atoms with Crippen LogP contribution in [0.4, 0.5) is 0 Å². The van der Waals surface area contributed by atoms with E-state index in [2.05, 4.69) is 27.9 Å². The molecule has 0 amide bonds. The van der Waals surface area contributed by atoms with Crippen molar-refractivity contribution in [2.75, 3.05) is 20.2 Å². The van der Waals surface area contributed by atoms with Gasteiger partial charge in [0.15, 0.2) is 0 Å². The number of aromatic carboxylic acids is 1. The second kappa shape index (κ2) is 6.39. The molecule has 1 aliphatic rings. The van der Waals surface area contributed by atoms with E-state index in [1.807, 2.05) is 0 Å². The summed E-state index contributed by atoms with van der Waals surface area (Å²) >= 11 is 3.25. The van der Waals surface area contributed by atoms with E-state index >= 15 is 0 Å². The van der Waals surface area contributed by atoms with Crippen LogP contribution < -0.4 is 4.74 Å². The Morgan fingerprint density at radius 2 is 2.32 bits per heavy atom. The van der Waals surface area contributed by atoms with E-state index in [-0.39, 0.29) is 5.56 Å². The van der Waals surface area contributed by atoms with Gasteiger partial charge in [0.05, 0.1) is 5.56 Å². The number of ether oxygens (including phenoxy) is 1. The van der Waals surface area contributed by atoms with Crippen LogP contribution in [-0.2, 0) is 0 Å². The number of likely N-dealkylation sites (N-methyl/N-ethyl adjacent to an activating group) is 1. The van der Waals surface area contributed by atoms with Crippen LogP contribution in [-0.4, -0.2) is 42.2 Å². The number of piperidine rings is 1. The number of hydrogen-bond acceptors (Lipinski definition) is 3. The molecule has 0 spiro atoms. The van der Waals surface area contributed by atoms with Crippen molar-refractivity contribution in [3.8, 4) is 5.75 Å². The van der Waals surface area contributed by atoms with Gasteiger partial charge in [0.25, 0.3) is 0 Å². The Bertz CT molecular complexity index is 464. The number of rotatable bonds is 4. The number of carboxylic acids is 1. The van der Waals surface area contributed by atoms with E-state index in [1.54, 1.807) is 18.2 Å². The Morgan fingerprint density at radius 1 is 1.53 bits per heavy atom. The average Bonchev–Trinajstić information content (AvgIpc) is 2.37. The van der Waals surface area contributed by atoms with Gasteiger partial charge in [-0.05, 0) is 60.6 Å². The molecule has 5 heteroatoms. The average molecular weight is 328 g/mol. The summed E-state index contributed by atoms with van der Waals surface area (Å²) in [5.41, 5.74) is 0.252. The summed E-state index contributed by atoms with van der Waals surface area (Å²) in [6.07, 6.45) is 3.66. The minimum Gasteiger partial charge on any atom is -0.492 e. The van der Waals surface area contributed by atoms with Gasteiger partial charge < -0.3 is 14.7 Å². The predicted molar refractivity (Wildman–Crippen MR) is 76.9 cm³/mol. The van der Waals surface area contributed by atoms with Crippen LogP contribution in [0, 0.1) is 0 Å². The Labute approximate surface area is 121 Å². The molecular formula is C14H18BrNO3. The first-order valence-electron chi connectivity index (χ1n) is 6.44. The zero-order valence-electron chi connectivity index (χ0n) is 10.9. The molecule has 1 atom stereocenters. The maximum Gasteiger partial charge on any atom is 0.336 e. The van der Waals surface area contributed by atoms with Crippen LogP contribution in [0.15, 0.2) is 22.7 Å². The molecule has 104 valence electrons. The van der Waals surface area contributed by atoms with Gasteiger partial charge in [-0.1, -0.05) is 6.42 Å². The third kappa shape index (κ3) is 3.70. The Kier molecular flexibility index (Phi) is 4.82. The molecule has 1 unspecified atom stereocenters. The highest BCUT2D eigenvalue weighted by Crippen LogP contribution is 2.24. The molecule has 1 N–H and O–H groups in total. The summed E-state index contributed by atoms with van der Waals surface area (Å²) < 4.78 is 6.32. The van der Waals surface area contributed by atoms with Gasteiger partial charge in [-0.25, -0.2) is 4.79 Å². The molecule has 0 radical (unpaired) electrons. The fourth-order valence-corrected chi connectivity index (χ4v) is 2.83. The smallest absolute Gasteiger partial charge is 0.336 e. The fourth-order valence-electron chi connectivity index (χ4n) is 2.31. The van der Waals surface area contributed by atoms with Crippen molar-refractivity contribution in [3.63, 3.8) is 0 Å². The molecule has 1 aromatic rings. The standard InChI is InChI=1S/C14H18BrNO3/c1-16-7-3-2-4-10(16)9-19-11-5-6-12(14(17)18)13(15)8-11/h5-6,8,10H,2-4,7,9H2,1H3,(H,17,18). The highest BCUT2D eigenvalue weighted by molar-refractivity contribution is 9.10. The van der Waals surface area contributed by atoms with E-state index in [0.717, 1.165) is 13.0 Å². The third-order valence-corrected chi connectivity index (χ3v) is 4.19. The molecule has 4 nitrogen and oxygen atoms in total. The normalized spacial score (nSPS) is 20.2. The van der Waals surface area contributed by atoms with Crippen molar-refractivity contribution in [2.24, 2.45) is 0 Å². The van der Waals surface area contributed by atoms with Crippen molar-refractivity contribution in [3.05, 3.63) is 28.2 Å². The van der Waals surface area contributed by atoms with E-state index in [1.165, 1.54) is 12.8 Å². The Morgan fingerprint density at radius 3 is 2.95 bits per heavy atom. The fraction of sp³-hybridized carbons (Fsp3) is 0.500. The molecule has 1 saturated heterocycles. The van der Waals surface area contributed by atoms with Crippen molar-refractivity contribution < 1.29 is 14.6 Å². The zero-order valence-corrected chi connectivity index (χ0v) is 12.5. The molecule has 1 aliphatic heterocycles. The largest absolute Gasteiger partial charge is 0.492 e. The quantitative estimate of drug-likeness (QED) is 0.923. The van der Waals surface area contributed by atoms with E-state index in [0.29, 0.717) is 22.9 Å². The second-order valence-corrected chi connectivity index (χ2v) is 5.74. The number of carbonyl (C=O) groups is 1. The SMILES string of the molecule is CN1CCCCC1COc1ccc(C(=O)O)c(Br)c1. The summed E-state index contributed by atoms with van der Waals surface area (Å²) in [7, 11) is 2.12. The number of nitrogens with zero attached hydrogens (tertiary/aromatic N) is 1. The maximum absolute atomic E-state index is 10.9. The summed E-state index contributed by atoms with van der Waals surface area (Å²) in [6, 6.07) is 5.43. The van der Waals surface area contributed by atoms with Crippen LogP contribution in [0.2, 0.25) is 0 Å². The van der Waals surface area contributed by atoms with Gasteiger partial charge >= 0.3 is 5.97 Å². The summed E-state index contributed by atoms with van der Waals surface area (Å²) in [4.78, 5) is 13.2. The van der Waals surface area contributed by atoms with Gasteiger partial charge in [-0.15, -0.1) is 0 Å². The first-order chi connectivity index (χ1) is 9.08. The lowest BCUT2D eigenvalue weighted by atomic mass is 10.0. The second-order valence-electron chi connectivity index (χ2n) is 4.89. The van der Waals surface area contributed by atoms with Crippen molar-refractivity contribution in [1.29, 1.82) is 0 Å². The van der Waals surface area contributed by atoms with Gasteiger partial charge in [-0.2, -0.15) is 0 Å². The summed E-state index contributed by atoms with van der Waals surface area (Å²) in [6.45, 7) is 1.77. The van der Waals surface area contributed by atoms with Crippen LogP contribution >= 0.6 is 15.9 Å². The van der Waals surface area contributed by atoms with Crippen LogP contribution in [0.3, 0.4) is 0 Å². The number of likely N-dealkylation sites (tertiary alicyclic amines) is 1.